The van der Waals surface area contributed by atoms with Gasteiger partial charge in [0.25, 0.3) is 5.91 Å². The molecule has 0 unspecified atom stereocenters. The van der Waals surface area contributed by atoms with E-state index < -0.39 is 0 Å². The number of methoxy groups -OCH3 is 1. The number of hydrogen-bond acceptors (Lipinski definition) is 6. The molecule has 0 aromatic heterocycles. The van der Waals surface area contributed by atoms with E-state index in [1.807, 2.05) is 85.8 Å². The van der Waals surface area contributed by atoms with Gasteiger partial charge in [0.2, 0.25) is 0 Å². The van der Waals surface area contributed by atoms with E-state index in [0.717, 1.165) is 22.4 Å². The minimum Gasteiger partial charge on any atom is -0.497 e. The number of thiocarbonyl (C=S) groups is 1. The Balaban J connectivity index is 1.49. The molecule has 0 N–H and O–H groups in total. The van der Waals surface area contributed by atoms with Gasteiger partial charge in [-0.25, -0.2) is 0 Å². The lowest BCUT2D eigenvalue weighted by molar-refractivity contribution is -0.122. The first kappa shape index (κ1) is 23.9. The van der Waals surface area contributed by atoms with Crippen LogP contribution in [0.15, 0.2) is 77.7 Å². The summed E-state index contributed by atoms with van der Waals surface area (Å²) in [5.74, 6) is 1.97. The molecule has 7 heteroatoms. The van der Waals surface area contributed by atoms with Crippen LogP contribution < -0.4 is 14.2 Å². The molecule has 1 aliphatic heterocycles. The summed E-state index contributed by atoms with van der Waals surface area (Å²) in [6, 6.07) is 23.3. The molecule has 0 saturated carbocycles. The summed E-state index contributed by atoms with van der Waals surface area (Å²) in [5, 5.41) is 0. The van der Waals surface area contributed by atoms with Crippen molar-refractivity contribution in [3.8, 4) is 17.2 Å². The second-order valence-electron chi connectivity index (χ2n) is 7.53. The number of benzene rings is 3. The van der Waals surface area contributed by atoms with Gasteiger partial charge in [-0.2, -0.15) is 0 Å². The largest absolute Gasteiger partial charge is 0.497 e. The second kappa shape index (κ2) is 11.2. The van der Waals surface area contributed by atoms with Crippen LogP contribution in [0.25, 0.3) is 6.08 Å². The molecule has 0 radical (unpaired) electrons. The van der Waals surface area contributed by atoms with E-state index in [0.29, 0.717) is 40.5 Å². The molecule has 3 aromatic carbocycles. The SMILES string of the molecule is CCOc1cc(C=C2SC(=S)N(Cc3ccc(OC)cc3)C2=O)ccc1OCc1ccccc1. The molecule has 1 heterocycles. The molecule has 0 spiro atoms. The molecule has 4 rings (SSSR count). The highest BCUT2D eigenvalue weighted by Gasteiger charge is 2.32. The zero-order valence-corrected chi connectivity index (χ0v) is 20.7. The van der Waals surface area contributed by atoms with Crippen LogP contribution in [0.4, 0.5) is 0 Å². The van der Waals surface area contributed by atoms with Gasteiger partial charge in [0, 0.05) is 0 Å². The molecule has 0 bridgehead atoms. The molecule has 0 atom stereocenters. The van der Waals surface area contributed by atoms with Crippen LogP contribution in [-0.4, -0.2) is 28.8 Å². The fraction of sp³-hybridized carbons (Fsp3) is 0.185. The summed E-state index contributed by atoms with van der Waals surface area (Å²) in [5.41, 5.74) is 2.91. The summed E-state index contributed by atoms with van der Waals surface area (Å²) in [6.07, 6.45) is 1.84. The lowest BCUT2D eigenvalue weighted by Gasteiger charge is -2.14. The summed E-state index contributed by atoms with van der Waals surface area (Å²) in [7, 11) is 1.63. The van der Waals surface area contributed by atoms with E-state index in [1.165, 1.54) is 11.8 Å². The molecule has 1 saturated heterocycles. The topological polar surface area (TPSA) is 48.0 Å². The number of ether oxygens (including phenoxy) is 3. The van der Waals surface area contributed by atoms with Crippen molar-refractivity contribution in [3.63, 3.8) is 0 Å². The smallest absolute Gasteiger partial charge is 0.266 e. The lowest BCUT2D eigenvalue weighted by Crippen LogP contribution is -2.27. The molecule has 1 amide bonds. The molecule has 1 fully saturated rings. The monoisotopic (exact) mass is 491 g/mol. The highest BCUT2D eigenvalue weighted by molar-refractivity contribution is 8.26. The van der Waals surface area contributed by atoms with Crippen LogP contribution in [0.3, 0.4) is 0 Å². The third kappa shape index (κ3) is 5.79. The van der Waals surface area contributed by atoms with Gasteiger partial charge in [0.05, 0.1) is 25.2 Å². The van der Waals surface area contributed by atoms with Crippen molar-refractivity contribution in [3.05, 3.63) is 94.4 Å². The summed E-state index contributed by atoms with van der Waals surface area (Å²) < 4.78 is 17.5. The van der Waals surface area contributed by atoms with E-state index in [9.17, 15) is 4.79 Å². The highest BCUT2D eigenvalue weighted by atomic mass is 32.2. The third-order valence-electron chi connectivity index (χ3n) is 5.18. The average molecular weight is 492 g/mol. The van der Waals surface area contributed by atoms with Gasteiger partial charge >= 0.3 is 0 Å². The zero-order valence-electron chi connectivity index (χ0n) is 19.0. The lowest BCUT2D eigenvalue weighted by atomic mass is 10.1. The minimum absolute atomic E-state index is 0.104. The van der Waals surface area contributed by atoms with Crippen LogP contribution in [0.2, 0.25) is 0 Å². The van der Waals surface area contributed by atoms with Gasteiger partial charge in [0.15, 0.2) is 11.5 Å². The van der Waals surface area contributed by atoms with Gasteiger partial charge < -0.3 is 14.2 Å². The van der Waals surface area contributed by atoms with Crippen LogP contribution in [0, 0.1) is 0 Å². The van der Waals surface area contributed by atoms with Crippen molar-refractivity contribution >= 4 is 40.3 Å². The van der Waals surface area contributed by atoms with E-state index >= 15 is 0 Å². The number of thioether (sulfide) groups is 1. The van der Waals surface area contributed by atoms with Crippen molar-refractivity contribution in [2.75, 3.05) is 13.7 Å². The Morgan fingerprint density at radius 2 is 1.71 bits per heavy atom. The Kier molecular flexibility index (Phi) is 7.87. The molecule has 5 nitrogen and oxygen atoms in total. The van der Waals surface area contributed by atoms with E-state index in [4.69, 9.17) is 26.4 Å². The number of hydrogen-bond donors (Lipinski definition) is 0. The normalized spacial score (nSPS) is 14.5. The Bertz CT molecular complexity index is 1190. The predicted molar refractivity (Wildman–Crippen MR) is 140 cm³/mol. The molecule has 1 aliphatic rings. The maximum Gasteiger partial charge on any atom is 0.266 e. The Hall–Kier alpha value is -3.29. The van der Waals surface area contributed by atoms with E-state index in [1.54, 1.807) is 12.0 Å². The fourth-order valence-electron chi connectivity index (χ4n) is 3.44. The van der Waals surface area contributed by atoms with Crippen LogP contribution >= 0.6 is 24.0 Å². The average Bonchev–Trinajstić information content (AvgIpc) is 3.12. The molecule has 3 aromatic rings. The van der Waals surface area contributed by atoms with Gasteiger partial charge in [-0.05, 0) is 54.0 Å². The fourth-order valence-corrected chi connectivity index (χ4v) is 4.69. The molecule has 0 aliphatic carbocycles. The molecular weight excluding hydrogens is 466 g/mol. The quantitative estimate of drug-likeness (QED) is 0.267. The Labute approximate surface area is 209 Å². The number of carbonyl (C=O) groups excluding carboxylic acids is 1. The maximum atomic E-state index is 13.1. The number of nitrogens with zero attached hydrogens (tertiary/aromatic N) is 1. The standard InChI is InChI=1S/C27H25NO4S2/c1-3-31-24-15-21(11-14-23(24)32-18-20-7-5-4-6-8-20)16-25-26(29)28(27(33)34-25)17-19-9-12-22(30-2)13-10-19/h4-16H,3,17-18H2,1-2H3. The number of rotatable bonds is 9. The number of amides is 1. The van der Waals surface area contributed by atoms with Gasteiger partial charge in [0.1, 0.15) is 16.7 Å². The van der Waals surface area contributed by atoms with Crippen LogP contribution in [0.1, 0.15) is 23.6 Å². The Morgan fingerprint density at radius 1 is 0.941 bits per heavy atom. The first-order chi connectivity index (χ1) is 16.6. The van der Waals surface area contributed by atoms with E-state index in [2.05, 4.69) is 0 Å². The summed E-state index contributed by atoms with van der Waals surface area (Å²) >= 11 is 6.79. The van der Waals surface area contributed by atoms with Gasteiger partial charge in [-0.3, -0.25) is 9.69 Å². The maximum absolute atomic E-state index is 13.1. The molecular formula is C27H25NO4S2. The van der Waals surface area contributed by atoms with Crippen molar-refractivity contribution in [1.82, 2.24) is 4.90 Å². The van der Waals surface area contributed by atoms with Crippen LogP contribution in [0.5, 0.6) is 17.2 Å². The van der Waals surface area contributed by atoms with Crippen molar-refractivity contribution < 1.29 is 19.0 Å². The van der Waals surface area contributed by atoms with Crippen molar-refractivity contribution in [2.45, 2.75) is 20.1 Å². The highest BCUT2D eigenvalue weighted by Crippen LogP contribution is 2.36. The van der Waals surface area contributed by atoms with Gasteiger partial charge in [-0.1, -0.05) is 72.5 Å². The van der Waals surface area contributed by atoms with Crippen molar-refractivity contribution in [1.29, 1.82) is 0 Å². The van der Waals surface area contributed by atoms with Crippen molar-refractivity contribution in [2.24, 2.45) is 0 Å². The van der Waals surface area contributed by atoms with E-state index in [-0.39, 0.29) is 5.91 Å². The van der Waals surface area contributed by atoms with Crippen LogP contribution in [-0.2, 0) is 17.9 Å². The summed E-state index contributed by atoms with van der Waals surface area (Å²) in [6.45, 7) is 3.31. The Morgan fingerprint density at radius 3 is 2.41 bits per heavy atom. The molecule has 174 valence electrons. The third-order valence-corrected chi connectivity index (χ3v) is 6.55. The second-order valence-corrected chi connectivity index (χ2v) is 9.21. The first-order valence-corrected chi connectivity index (χ1v) is 12.1. The minimum atomic E-state index is -0.104. The number of carbonyl (C=O) groups is 1. The predicted octanol–water partition coefficient (Wildman–Crippen LogP) is 6.07. The first-order valence-electron chi connectivity index (χ1n) is 10.9. The zero-order chi connectivity index (χ0) is 23.9. The summed E-state index contributed by atoms with van der Waals surface area (Å²) in [4.78, 5) is 15.3. The van der Waals surface area contributed by atoms with Gasteiger partial charge in [-0.15, -0.1) is 0 Å². The molecule has 34 heavy (non-hydrogen) atoms.